The van der Waals surface area contributed by atoms with E-state index in [1.165, 1.54) is 0 Å². The first-order valence-electron chi connectivity index (χ1n) is 4.86. The number of nitrogens with zero attached hydrogens (tertiary/aromatic N) is 4. The maximum atomic E-state index is 5.81. The summed E-state index contributed by atoms with van der Waals surface area (Å²) in [5.74, 6) is 0. The smallest absolute Gasteiger partial charge is 0.223 e. The maximum Gasteiger partial charge on any atom is 0.223 e. The van der Waals surface area contributed by atoms with Gasteiger partial charge in [0.2, 0.25) is 5.28 Å². The lowest BCUT2D eigenvalue weighted by molar-refractivity contribution is 1.11. The summed E-state index contributed by atoms with van der Waals surface area (Å²) in [6, 6.07) is 5.81. The summed E-state index contributed by atoms with van der Waals surface area (Å²) in [6.45, 7) is 0. The van der Waals surface area contributed by atoms with Gasteiger partial charge in [-0.25, -0.2) is 15.0 Å². The summed E-state index contributed by atoms with van der Waals surface area (Å²) in [7, 11) is 0. The molecule has 4 nitrogen and oxygen atoms in total. The van der Waals surface area contributed by atoms with Crippen LogP contribution < -0.4 is 0 Å². The molecule has 0 aromatic carbocycles. The van der Waals surface area contributed by atoms with Gasteiger partial charge in [0.15, 0.2) is 0 Å². The minimum Gasteiger partial charge on any atom is -0.298 e. The molecule has 3 aromatic rings. The molecule has 0 fully saturated rings. The molecule has 3 aromatic heterocycles. The van der Waals surface area contributed by atoms with Gasteiger partial charge in [0.05, 0.1) is 16.4 Å². The number of aromatic nitrogens is 4. The molecule has 0 spiro atoms. The van der Waals surface area contributed by atoms with Crippen molar-refractivity contribution in [3.63, 3.8) is 0 Å². The van der Waals surface area contributed by atoms with E-state index in [0.717, 1.165) is 21.5 Å². The lowest BCUT2D eigenvalue weighted by atomic mass is 10.3. The Kier molecular flexibility index (Phi) is 2.57. The van der Waals surface area contributed by atoms with Crippen LogP contribution >= 0.6 is 27.5 Å². The van der Waals surface area contributed by atoms with Crippen molar-refractivity contribution in [3.8, 4) is 11.4 Å². The van der Waals surface area contributed by atoms with Crippen molar-refractivity contribution < 1.29 is 0 Å². The molecule has 84 valence electrons. The lowest BCUT2D eigenvalue weighted by Gasteiger charge is -2.03. The third kappa shape index (κ3) is 1.81. The first kappa shape index (κ1) is 10.7. The molecule has 3 heterocycles. The van der Waals surface area contributed by atoms with Gasteiger partial charge in [0.25, 0.3) is 0 Å². The van der Waals surface area contributed by atoms with Crippen LogP contribution in [0, 0.1) is 0 Å². The van der Waals surface area contributed by atoms with Gasteiger partial charge in [-0.2, -0.15) is 0 Å². The van der Waals surface area contributed by atoms with Crippen LogP contribution in [0.5, 0.6) is 0 Å². The van der Waals surface area contributed by atoms with E-state index in [0.29, 0.717) is 0 Å². The average Bonchev–Trinajstić information content (AvgIpc) is 2.76. The van der Waals surface area contributed by atoms with Crippen LogP contribution in [0.1, 0.15) is 0 Å². The van der Waals surface area contributed by atoms with Crippen molar-refractivity contribution in [2.24, 2.45) is 0 Å². The summed E-state index contributed by atoms with van der Waals surface area (Å²) >= 11 is 9.23. The second kappa shape index (κ2) is 4.09. The van der Waals surface area contributed by atoms with E-state index in [-0.39, 0.29) is 5.28 Å². The standard InChI is InChI=1S/C11H6BrClN4/c12-7-5-15-11(13)16-10(7)8-6-14-9-3-1-2-4-17(8)9/h1-6H. The minimum atomic E-state index is 0.217. The molecule has 0 aliphatic rings. The molecular formula is C11H6BrClN4. The van der Waals surface area contributed by atoms with E-state index < -0.39 is 0 Å². The van der Waals surface area contributed by atoms with Gasteiger partial charge in [-0.3, -0.25) is 4.40 Å². The fourth-order valence-corrected chi connectivity index (χ4v) is 2.16. The van der Waals surface area contributed by atoms with Gasteiger partial charge >= 0.3 is 0 Å². The SMILES string of the molecule is Clc1ncc(Br)c(-c2cnc3ccccn23)n1. The quantitative estimate of drug-likeness (QED) is 0.648. The topological polar surface area (TPSA) is 43.1 Å². The highest BCUT2D eigenvalue weighted by atomic mass is 79.9. The van der Waals surface area contributed by atoms with Crippen LogP contribution in [0.3, 0.4) is 0 Å². The molecule has 6 heteroatoms. The predicted molar refractivity (Wildman–Crippen MR) is 68.9 cm³/mol. The Hall–Kier alpha value is -1.46. The van der Waals surface area contributed by atoms with Gasteiger partial charge in [-0.05, 0) is 39.7 Å². The van der Waals surface area contributed by atoms with Gasteiger partial charge < -0.3 is 0 Å². The Bertz CT molecular complexity index is 695. The molecule has 17 heavy (non-hydrogen) atoms. The van der Waals surface area contributed by atoms with Crippen LogP contribution in [0.15, 0.2) is 41.3 Å². The second-order valence-corrected chi connectivity index (χ2v) is 4.60. The number of hydrogen-bond donors (Lipinski definition) is 0. The molecule has 3 rings (SSSR count). The molecule has 0 aliphatic heterocycles. The highest BCUT2D eigenvalue weighted by molar-refractivity contribution is 9.10. The maximum absolute atomic E-state index is 5.81. The van der Waals surface area contributed by atoms with Crippen LogP contribution in [0.25, 0.3) is 17.0 Å². The number of fused-ring (bicyclic) bond motifs is 1. The number of rotatable bonds is 1. The van der Waals surface area contributed by atoms with Crippen LogP contribution in [0.4, 0.5) is 0 Å². The van der Waals surface area contributed by atoms with E-state index in [1.807, 2.05) is 28.8 Å². The summed E-state index contributed by atoms with van der Waals surface area (Å²) in [5.41, 5.74) is 2.46. The van der Waals surface area contributed by atoms with Crippen molar-refractivity contribution in [2.45, 2.75) is 0 Å². The minimum absolute atomic E-state index is 0.217. The number of hydrogen-bond acceptors (Lipinski definition) is 3. The Morgan fingerprint density at radius 1 is 1.18 bits per heavy atom. The molecule has 0 N–H and O–H groups in total. The molecule has 0 saturated heterocycles. The lowest BCUT2D eigenvalue weighted by Crippen LogP contribution is -1.93. The highest BCUT2D eigenvalue weighted by Gasteiger charge is 2.11. The second-order valence-electron chi connectivity index (χ2n) is 3.41. The highest BCUT2D eigenvalue weighted by Crippen LogP contribution is 2.26. The van der Waals surface area contributed by atoms with Gasteiger partial charge in [-0.15, -0.1) is 0 Å². The molecule has 0 unspecified atom stereocenters. The van der Waals surface area contributed by atoms with Crippen molar-refractivity contribution in [3.05, 3.63) is 46.5 Å². The zero-order valence-corrected chi connectivity index (χ0v) is 10.9. The van der Waals surface area contributed by atoms with Crippen LogP contribution in [-0.4, -0.2) is 19.4 Å². The van der Waals surface area contributed by atoms with Crippen molar-refractivity contribution >= 4 is 33.2 Å². The van der Waals surface area contributed by atoms with Crippen LogP contribution in [0.2, 0.25) is 5.28 Å². The van der Waals surface area contributed by atoms with Gasteiger partial charge in [-0.1, -0.05) is 6.07 Å². The Balaban J connectivity index is 2.31. The third-order valence-electron chi connectivity index (χ3n) is 2.37. The fraction of sp³-hybridized carbons (Fsp3) is 0. The number of halogens is 2. The van der Waals surface area contributed by atoms with E-state index in [9.17, 15) is 0 Å². The summed E-state index contributed by atoms with van der Waals surface area (Å²) in [5, 5.41) is 0.217. The van der Waals surface area contributed by atoms with Crippen molar-refractivity contribution in [1.29, 1.82) is 0 Å². The van der Waals surface area contributed by atoms with Gasteiger partial charge in [0, 0.05) is 12.4 Å². The number of pyridine rings is 1. The van der Waals surface area contributed by atoms with Crippen molar-refractivity contribution in [1.82, 2.24) is 19.4 Å². The summed E-state index contributed by atoms with van der Waals surface area (Å²) in [4.78, 5) is 12.4. The van der Waals surface area contributed by atoms with Gasteiger partial charge in [0.1, 0.15) is 11.3 Å². The number of imidazole rings is 1. The molecule has 0 saturated carbocycles. The van der Waals surface area contributed by atoms with E-state index >= 15 is 0 Å². The zero-order valence-electron chi connectivity index (χ0n) is 8.51. The molecule has 0 atom stereocenters. The zero-order chi connectivity index (χ0) is 11.8. The predicted octanol–water partition coefficient (Wildman–Crippen LogP) is 3.21. The third-order valence-corrected chi connectivity index (χ3v) is 3.14. The largest absolute Gasteiger partial charge is 0.298 e. The molecule has 0 bridgehead atoms. The normalized spacial score (nSPS) is 10.9. The molecule has 0 amide bonds. The molecular weight excluding hydrogens is 304 g/mol. The Labute approximate surface area is 110 Å². The van der Waals surface area contributed by atoms with E-state index in [2.05, 4.69) is 30.9 Å². The molecule has 0 aliphatic carbocycles. The fourth-order valence-electron chi connectivity index (χ4n) is 1.63. The Morgan fingerprint density at radius 3 is 2.94 bits per heavy atom. The first-order valence-corrected chi connectivity index (χ1v) is 6.03. The monoisotopic (exact) mass is 308 g/mol. The molecule has 0 radical (unpaired) electrons. The summed E-state index contributed by atoms with van der Waals surface area (Å²) < 4.78 is 2.73. The average molecular weight is 310 g/mol. The summed E-state index contributed by atoms with van der Waals surface area (Å²) in [6.07, 6.45) is 5.33. The Morgan fingerprint density at radius 2 is 2.06 bits per heavy atom. The van der Waals surface area contributed by atoms with Crippen LogP contribution in [-0.2, 0) is 0 Å². The van der Waals surface area contributed by atoms with Crippen molar-refractivity contribution in [2.75, 3.05) is 0 Å². The van der Waals surface area contributed by atoms with E-state index in [1.54, 1.807) is 12.4 Å². The van der Waals surface area contributed by atoms with E-state index in [4.69, 9.17) is 11.6 Å². The first-order chi connectivity index (χ1) is 8.25.